The van der Waals surface area contributed by atoms with E-state index in [9.17, 15) is 0 Å². The van der Waals surface area contributed by atoms with Crippen molar-refractivity contribution in [2.45, 2.75) is 44.4 Å². The van der Waals surface area contributed by atoms with Gasteiger partial charge in [-0.15, -0.1) is 0 Å². The lowest BCUT2D eigenvalue weighted by molar-refractivity contribution is 0.193. The average molecular weight is 318 g/mol. The number of likely N-dealkylation sites (tertiary alicyclic amines) is 1. The van der Waals surface area contributed by atoms with E-state index in [2.05, 4.69) is 32.9 Å². The topological polar surface area (TPSA) is 41.5 Å². The van der Waals surface area contributed by atoms with Crippen LogP contribution >= 0.6 is 0 Å². The highest BCUT2D eigenvalue weighted by Crippen LogP contribution is 2.25. The molecule has 2 aliphatic heterocycles. The van der Waals surface area contributed by atoms with E-state index in [1.54, 1.807) is 6.33 Å². The Morgan fingerprint density at radius 1 is 1.22 bits per heavy atom. The van der Waals surface area contributed by atoms with E-state index in [0.717, 1.165) is 37.7 Å². The zero-order valence-corrected chi connectivity index (χ0v) is 14.4. The van der Waals surface area contributed by atoms with Crippen molar-refractivity contribution in [3.05, 3.63) is 18.1 Å². The van der Waals surface area contributed by atoms with Crippen molar-refractivity contribution >= 4 is 5.82 Å². The normalized spacial score (nSPS) is 22.9. The fourth-order valence-electron chi connectivity index (χ4n) is 3.57. The minimum Gasteiger partial charge on any atom is -0.381 e. The van der Waals surface area contributed by atoms with Gasteiger partial charge in [-0.3, -0.25) is 0 Å². The van der Waals surface area contributed by atoms with Crippen LogP contribution in [0.25, 0.3) is 0 Å². The van der Waals surface area contributed by atoms with E-state index in [0.29, 0.717) is 5.92 Å². The molecule has 23 heavy (non-hydrogen) atoms. The molecule has 5 heteroatoms. The van der Waals surface area contributed by atoms with Crippen LogP contribution < -0.4 is 4.90 Å². The molecule has 2 aliphatic rings. The van der Waals surface area contributed by atoms with Crippen molar-refractivity contribution < 1.29 is 4.74 Å². The van der Waals surface area contributed by atoms with Crippen LogP contribution in [0.5, 0.6) is 0 Å². The SMILES string of the molecule is CN(CCCN1CCCCCC1)c1cc(C2CCOC2)ncn1. The van der Waals surface area contributed by atoms with Crippen LogP contribution in [-0.4, -0.2) is 61.3 Å². The van der Waals surface area contributed by atoms with Gasteiger partial charge < -0.3 is 14.5 Å². The molecule has 1 unspecified atom stereocenters. The number of anilines is 1. The first-order valence-corrected chi connectivity index (χ1v) is 9.16. The molecule has 5 nitrogen and oxygen atoms in total. The summed E-state index contributed by atoms with van der Waals surface area (Å²) in [7, 11) is 2.14. The molecule has 0 radical (unpaired) electrons. The minimum absolute atomic E-state index is 0.447. The molecule has 0 aliphatic carbocycles. The van der Waals surface area contributed by atoms with Crippen molar-refractivity contribution in [2.24, 2.45) is 0 Å². The largest absolute Gasteiger partial charge is 0.381 e. The highest BCUT2D eigenvalue weighted by molar-refractivity contribution is 5.38. The number of rotatable bonds is 6. The van der Waals surface area contributed by atoms with Gasteiger partial charge in [-0.2, -0.15) is 0 Å². The maximum Gasteiger partial charge on any atom is 0.131 e. The van der Waals surface area contributed by atoms with Gasteiger partial charge in [0.15, 0.2) is 0 Å². The lowest BCUT2D eigenvalue weighted by Crippen LogP contribution is -2.29. The fraction of sp³-hybridized carbons (Fsp3) is 0.778. The first kappa shape index (κ1) is 16.7. The summed E-state index contributed by atoms with van der Waals surface area (Å²) in [5.41, 5.74) is 1.13. The molecule has 3 rings (SSSR count). The second-order valence-electron chi connectivity index (χ2n) is 6.89. The molecule has 0 spiro atoms. The zero-order valence-electron chi connectivity index (χ0n) is 14.4. The lowest BCUT2D eigenvalue weighted by atomic mass is 10.0. The summed E-state index contributed by atoms with van der Waals surface area (Å²) in [6, 6.07) is 2.14. The standard InChI is InChI=1S/C18H30N4O/c1-21(8-6-11-22-9-4-2-3-5-10-22)18-13-17(19-15-20-18)16-7-12-23-14-16/h13,15-16H,2-12,14H2,1H3. The van der Waals surface area contributed by atoms with Crippen molar-refractivity contribution in [3.8, 4) is 0 Å². The molecule has 1 aromatic rings. The molecular formula is C18H30N4O. The highest BCUT2D eigenvalue weighted by atomic mass is 16.5. The van der Waals surface area contributed by atoms with E-state index < -0.39 is 0 Å². The van der Waals surface area contributed by atoms with Crippen LogP contribution in [0, 0.1) is 0 Å². The van der Waals surface area contributed by atoms with Crippen molar-refractivity contribution in [1.29, 1.82) is 0 Å². The van der Waals surface area contributed by atoms with Crippen LogP contribution in [0.2, 0.25) is 0 Å². The zero-order chi connectivity index (χ0) is 15.9. The van der Waals surface area contributed by atoms with Gasteiger partial charge in [-0.1, -0.05) is 12.8 Å². The molecule has 3 heterocycles. The Labute approximate surface area is 140 Å². The summed E-state index contributed by atoms with van der Waals surface area (Å²) in [4.78, 5) is 13.8. The molecule has 1 aromatic heterocycles. The van der Waals surface area contributed by atoms with Crippen LogP contribution in [0.3, 0.4) is 0 Å². The Bertz CT molecular complexity index is 468. The number of hydrogen-bond acceptors (Lipinski definition) is 5. The Hall–Kier alpha value is -1.20. The molecule has 128 valence electrons. The van der Waals surface area contributed by atoms with E-state index >= 15 is 0 Å². The summed E-state index contributed by atoms with van der Waals surface area (Å²) in [5, 5.41) is 0. The summed E-state index contributed by atoms with van der Waals surface area (Å²) in [6.07, 6.45) is 9.53. The van der Waals surface area contributed by atoms with Gasteiger partial charge in [-0.25, -0.2) is 9.97 Å². The van der Waals surface area contributed by atoms with Gasteiger partial charge in [0.05, 0.1) is 12.3 Å². The maximum atomic E-state index is 5.47. The van der Waals surface area contributed by atoms with E-state index in [1.807, 2.05) is 0 Å². The molecule has 1 atom stereocenters. The fourth-order valence-corrected chi connectivity index (χ4v) is 3.57. The minimum atomic E-state index is 0.447. The predicted octanol–water partition coefficient (Wildman–Crippen LogP) is 2.68. The Balaban J connectivity index is 1.47. The first-order chi connectivity index (χ1) is 11.3. The Morgan fingerprint density at radius 3 is 2.78 bits per heavy atom. The highest BCUT2D eigenvalue weighted by Gasteiger charge is 2.20. The Morgan fingerprint density at radius 2 is 2.04 bits per heavy atom. The van der Waals surface area contributed by atoms with Gasteiger partial charge in [0.25, 0.3) is 0 Å². The summed E-state index contributed by atoms with van der Waals surface area (Å²) < 4.78 is 5.47. The van der Waals surface area contributed by atoms with E-state index in [1.165, 1.54) is 51.7 Å². The molecule has 0 saturated carbocycles. The summed E-state index contributed by atoms with van der Waals surface area (Å²) in [6.45, 7) is 6.48. The number of hydrogen-bond donors (Lipinski definition) is 0. The second kappa shape index (κ2) is 8.60. The van der Waals surface area contributed by atoms with Crippen molar-refractivity contribution in [3.63, 3.8) is 0 Å². The summed E-state index contributed by atoms with van der Waals surface area (Å²) in [5.74, 6) is 1.49. The van der Waals surface area contributed by atoms with Gasteiger partial charge in [0, 0.05) is 32.2 Å². The van der Waals surface area contributed by atoms with Gasteiger partial charge in [0.2, 0.25) is 0 Å². The quantitative estimate of drug-likeness (QED) is 0.806. The summed E-state index contributed by atoms with van der Waals surface area (Å²) >= 11 is 0. The third kappa shape index (κ3) is 4.88. The molecule has 0 N–H and O–H groups in total. The third-order valence-corrected chi connectivity index (χ3v) is 5.08. The van der Waals surface area contributed by atoms with E-state index in [4.69, 9.17) is 4.74 Å². The lowest BCUT2D eigenvalue weighted by Gasteiger charge is -2.23. The molecular weight excluding hydrogens is 288 g/mol. The predicted molar refractivity (Wildman–Crippen MR) is 93.0 cm³/mol. The van der Waals surface area contributed by atoms with Crippen LogP contribution in [0.1, 0.15) is 50.1 Å². The monoisotopic (exact) mass is 318 g/mol. The molecule has 0 bridgehead atoms. The van der Waals surface area contributed by atoms with Crippen LogP contribution in [0.15, 0.2) is 12.4 Å². The van der Waals surface area contributed by atoms with Crippen molar-refractivity contribution in [1.82, 2.24) is 14.9 Å². The number of aromatic nitrogens is 2. The number of ether oxygens (including phenoxy) is 1. The van der Waals surface area contributed by atoms with Crippen LogP contribution in [-0.2, 0) is 4.74 Å². The van der Waals surface area contributed by atoms with Gasteiger partial charge in [-0.05, 0) is 45.3 Å². The smallest absolute Gasteiger partial charge is 0.131 e. The number of nitrogens with zero attached hydrogens (tertiary/aromatic N) is 4. The second-order valence-corrected chi connectivity index (χ2v) is 6.89. The van der Waals surface area contributed by atoms with Gasteiger partial charge in [0.1, 0.15) is 12.1 Å². The van der Waals surface area contributed by atoms with Gasteiger partial charge >= 0.3 is 0 Å². The van der Waals surface area contributed by atoms with Crippen molar-refractivity contribution in [2.75, 3.05) is 51.3 Å². The average Bonchev–Trinajstić information content (AvgIpc) is 3.00. The maximum absolute atomic E-state index is 5.47. The molecule has 2 saturated heterocycles. The van der Waals surface area contributed by atoms with Crippen LogP contribution in [0.4, 0.5) is 5.82 Å². The molecule has 2 fully saturated rings. The molecule has 0 aromatic carbocycles. The third-order valence-electron chi connectivity index (χ3n) is 5.08. The Kier molecular flexibility index (Phi) is 6.22. The molecule has 0 amide bonds. The first-order valence-electron chi connectivity index (χ1n) is 9.16. The van der Waals surface area contributed by atoms with E-state index in [-0.39, 0.29) is 0 Å².